The van der Waals surface area contributed by atoms with Crippen LogP contribution in [0.5, 0.6) is 11.5 Å². The van der Waals surface area contributed by atoms with Gasteiger partial charge in [0.2, 0.25) is 0 Å². The molecule has 0 spiro atoms. The van der Waals surface area contributed by atoms with Gasteiger partial charge in [-0.25, -0.2) is 0 Å². The molecule has 0 unspecified atom stereocenters. The number of hydrogen-bond donors (Lipinski definition) is 1. The zero-order chi connectivity index (χ0) is 22.5. The minimum atomic E-state index is -0.266. The summed E-state index contributed by atoms with van der Waals surface area (Å²) in [4.78, 5) is 26.5. The van der Waals surface area contributed by atoms with Gasteiger partial charge in [-0.2, -0.15) is 0 Å². The Balaban J connectivity index is 1.70. The van der Waals surface area contributed by atoms with E-state index in [4.69, 9.17) is 21.7 Å². The number of anilines is 1. The summed E-state index contributed by atoms with van der Waals surface area (Å²) in [5, 5.41) is 2.82. The zero-order valence-corrected chi connectivity index (χ0v) is 21.0. The molecule has 0 radical (unpaired) electrons. The number of amides is 2. The van der Waals surface area contributed by atoms with Crippen molar-refractivity contribution in [3.63, 3.8) is 0 Å². The summed E-state index contributed by atoms with van der Waals surface area (Å²) in [5.41, 5.74) is 2.70. The van der Waals surface area contributed by atoms with Crippen molar-refractivity contribution in [2.45, 2.75) is 13.3 Å². The van der Waals surface area contributed by atoms with E-state index in [1.54, 1.807) is 19.2 Å². The minimum absolute atomic E-state index is 0.132. The minimum Gasteiger partial charge on any atom is -0.493 e. The van der Waals surface area contributed by atoms with E-state index in [1.807, 2.05) is 30.3 Å². The van der Waals surface area contributed by atoms with Crippen LogP contribution in [0.4, 0.5) is 5.69 Å². The molecule has 9 heteroatoms. The molecule has 2 amide bonds. The van der Waals surface area contributed by atoms with Crippen LogP contribution >= 0.6 is 46.6 Å². The number of aryl methyl sites for hydroxylation is 1. The van der Waals surface area contributed by atoms with E-state index >= 15 is 0 Å². The average molecular weight is 568 g/mol. The lowest BCUT2D eigenvalue weighted by Gasteiger charge is -2.14. The van der Waals surface area contributed by atoms with Crippen molar-refractivity contribution < 1.29 is 19.1 Å². The lowest BCUT2D eigenvalue weighted by atomic mass is 10.1. The van der Waals surface area contributed by atoms with Crippen LogP contribution in [0.25, 0.3) is 6.08 Å². The number of carbonyl (C=O) groups excluding carboxylic acids is 2. The van der Waals surface area contributed by atoms with E-state index in [0.29, 0.717) is 20.7 Å². The van der Waals surface area contributed by atoms with Gasteiger partial charge < -0.3 is 14.8 Å². The maximum atomic E-state index is 12.3. The predicted molar refractivity (Wildman–Crippen MR) is 137 cm³/mol. The first kappa shape index (κ1) is 23.6. The summed E-state index contributed by atoms with van der Waals surface area (Å²) in [5.74, 6) is 0.552. The van der Waals surface area contributed by atoms with Crippen LogP contribution in [-0.4, -0.2) is 41.8 Å². The number of carbonyl (C=O) groups is 2. The van der Waals surface area contributed by atoms with E-state index in [0.717, 1.165) is 21.2 Å². The quantitative estimate of drug-likeness (QED) is 0.297. The molecule has 1 N–H and O–H groups in total. The predicted octanol–water partition coefficient (Wildman–Crippen LogP) is 4.71. The maximum Gasteiger partial charge on any atom is 0.265 e. The Morgan fingerprint density at radius 2 is 2.00 bits per heavy atom. The highest BCUT2D eigenvalue weighted by Crippen LogP contribution is 2.37. The van der Waals surface area contributed by atoms with Crippen LogP contribution in [0.15, 0.2) is 41.3 Å². The molecule has 0 saturated carbocycles. The molecule has 1 saturated heterocycles. The van der Waals surface area contributed by atoms with Crippen LogP contribution in [0.2, 0.25) is 0 Å². The number of nitrogens with one attached hydrogen (secondary N) is 1. The highest BCUT2D eigenvalue weighted by molar-refractivity contribution is 14.1. The lowest BCUT2D eigenvalue weighted by molar-refractivity contribution is -0.121. The van der Waals surface area contributed by atoms with Gasteiger partial charge in [-0.05, 0) is 70.5 Å². The fourth-order valence-corrected chi connectivity index (χ4v) is 4.78. The third kappa shape index (κ3) is 5.78. The molecule has 0 atom stereocenters. The third-order valence-electron chi connectivity index (χ3n) is 4.53. The van der Waals surface area contributed by atoms with Crippen molar-refractivity contribution in [1.82, 2.24) is 4.90 Å². The Kier molecular flexibility index (Phi) is 7.95. The first-order valence-corrected chi connectivity index (χ1v) is 11.7. The van der Waals surface area contributed by atoms with Gasteiger partial charge in [-0.1, -0.05) is 43.0 Å². The van der Waals surface area contributed by atoms with E-state index in [9.17, 15) is 9.59 Å². The van der Waals surface area contributed by atoms with Gasteiger partial charge in [0, 0.05) is 12.7 Å². The molecule has 1 aliphatic heterocycles. The number of rotatable bonds is 7. The van der Waals surface area contributed by atoms with Crippen LogP contribution in [0.3, 0.4) is 0 Å². The standard InChI is InChI=1S/C22H21IN2O4S2/c1-4-13-5-7-15(8-6-13)24-19(26)12-29-20-16(23)9-14(10-17(20)28-3)11-18-21(27)25(2)22(30)31-18/h5-11H,4,12H2,1-3H3,(H,24,26)/b18-11-. The van der Waals surface area contributed by atoms with Crippen molar-refractivity contribution in [3.8, 4) is 11.5 Å². The highest BCUT2D eigenvalue weighted by atomic mass is 127. The molecular formula is C22H21IN2O4S2. The molecule has 162 valence electrons. The Bertz CT molecular complexity index is 1050. The van der Waals surface area contributed by atoms with Crippen LogP contribution in [0, 0.1) is 3.57 Å². The third-order valence-corrected chi connectivity index (χ3v) is 6.82. The molecule has 2 aromatic carbocycles. The monoisotopic (exact) mass is 568 g/mol. The normalized spacial score (nSPS) is 14.8. The number of hydrogen-bond acceptors (Lipinski definition) is 6. The molecule has 2 aromatic rings. The van der Waals surface area contributed by atoms with Crippen LogP contribution in [0.1, 0.15) is 18.1 Å². The highest BCUT2D eigenvalue weighted by Gasteiger charge is 2.28. The van der Waals surface area contributed by atoms with Gasteiger partial charge in [0.05, 0.1) is 15.6 Å². The molecular weight excluding hydrogens is 547 g/mol. The summed E-state index contributed by atoms with van der Waals surface area (Å²) in [7, 11) is 3.19. The fraction of sp³-hybridized carbons (Fsp3) is 0.227. The Morgan fingerprint density at radius 3 is 2.58 bits per heavy atom. The molecule has 0 bridgehead atoms. The largest absolute Gasteiger partial charge is 0.493 e. The van der Waals surface area contributed by atoms with E-state index in [-0.39, 0.29) is 18.4 Å². The number of thioether (sulfide) groups is 1. The summed E-state index contributed by atoms with van der Waals surface area (Å²) in [6, 6.07) is 11.3. The number of likely N-dealkylation sites (N-methyl/N-ethyl adjacent to an activating group) is 1. The lowest BCUT2D eigenvalue weighted by Crippen LogP contribution is -2.22. The average Bonchev–Trinajstić information content (AvgIpc) is 2.99. The van der Waals surface area contributed by atoms with Crippen LogP contribution in [-0.2, 0) is 16.0 Å². The van der Waals surface area contributed by atoms with Crippen molar-refractivity contribution in [3.05, 3.63) is 56.0 Å². The van der Waals surface area contributed by atoms with Crippen molar-refractivity contribution >= 4 is 74.5 Å². The van der Waals surface area contributed by atoms with E-state index in [1.165, 1.54) is 29.3 Å². The van der Waals surface area contributed by atoms with Crippen molar-refractivity contribution in [2.75, 3.05) is 26.1 Å². The van der Waals surface area contributed by atoms with Crippen molar-refractivity contribution in [1.29, 1.82) is 0 Å². The summed E-state index contributed by atoms with van der Waals surface area (Å²) >= 11 is 8.55. The molecule has 6 nitrogen and oxygen atoms in total. The Hall–Kier alpha value is -2.11. The van der Waals surface area contributed by atoms with Gasteiger partial charge in [-0.3, -0.25) is 14.5 Å². The second-order valence-electron chi connectivity index (χ2n) is 6.66. The number of nitrogens with zero attached hydrogens (tertiary/aromatic N) is 1. The number of halogens is 1. The van der Waals surface area contributed by atoms with E-state index < -0.39 is 0 Å². The van der Waals surface area contributed by atoms with Gasteiger partial charge in [-0.15, -0.1) is 0 Å². The molecule has 1 fully saturated rings. The molecule has 1 aliphatic rings. The summed E-state index contributed by atoms with van der Waals surface area (Å²) < 4.78 is 12.5. The van der Waals surface area contributed by atoms with Crippen LogP contribution < -0.4 is 14.8 Å². The molecule has 31 heavy (non-hydrogen) atoms. The SMILES string of the molecule is CCc1ccc(NC(=O)COc2c(I)cc(/C=C3\SC(=S)N(C)C3=O)cc2OC)cc1. The van der Waals surface area contributed by atoms with Gasteiger partial charge in [0.15, 0.2) is 18.1 Å². The summed E-state index contributed by atoms with van der Waals surface area (Å²) in [6.07, 6.45) is 2.71. The van der Waals surface area contributed by atoms with Gasteiger partial charge >= 0.3 is 0 Å². The summed E-state index contributed by atoms with van der Waals surface area (Å²) in [6.45, 7) is 1.92. The Morgan fingerprint density at radius 1 is 1.29 bits per heavy atom. The second-order valence-corrected chi connectivity index (χ2v) is 9.50. The number of thiocarbonyl (C=S) groups is 1. The number of ether oxygens (including phenoxy) is 2. The first-order chi connectivity index (χ1) is 14.8. The van der Waals surface area contributed by atoms with E-state index in [2.05, 4.69) is 34.8 Å². The topological polar surface area (TPSA) is 67.9 Å². The molecule has 0 aromatic heterocycles. The molecule has 1 heterocycles. The van der Waals surface area contributed by atoms with Gasteiger partial charge in [0.25, 0.3) is 11.8 Å². The smallest absolute Gasteiger partial charge is 0.265 e. The second kappa shape index (κ2) is 10.5. The number of benzene rings is 2. The maximum absolute atomic E-state index is 12.3. The molecule has 0 aliphatic carbocycles. The Labute approximate surface area is 204 Å². The first-order valence-electron chi connectivity index (χ1n) is 9.43. The van der Waals surface area contributed by atoms with Gasteiger partial charge in [0.1, 0.15) is 4.32 Å². The molecule has 3 rings (SSSR count). The zero-order valence-electron chi connectivity index (χ0n) is 17.2. The van der Waals surface area contributed by atoms with Crippen molar-refractivity contribution in [2.24, 2.45) is 0 Å². The number of methoxy groups -OCH3 is 1. The fourth-order valence-electron chi connectivity index (χ4n) is 2.82.